The van der Waals surface area contributed by atoms with Gasteiger partial charge in [0.15, 0.2) is 0 Å². The lowest BCUT2D eigenvalue weighted by Crippen LogP contribution is -2.40. The van der Waals surface area contributed by atoms with E-state index < -0.39 is 8.80 Å². The summed E-state index contributed by atoms with van der Waals surface area (Å²) in [6, 6.07) is 0.561. The molecule has 7 heteroatoms. The Hall–Kier alpha value is -0.733. The first-order chi connectivity index (χ1) is 7.70. The second-order valence-corrected chi connectivity index (χ2v) is 6.18. The van der Waals surface area contributed by atoms with Gasteiger partial charge in [0.2, 0.25) is 0 Å². The molecule has 1 aromatic rings. The topological polar surface area (TPSA) is 79.4 Å². The predicted octanol–water partition coefficient (Wildman–Crippen LogP) is 0.113. The number of H-pyrrole nitrogens is 1. The molecular formula is C9H19N3O3Si. The smallest absolute Gasteiger partial charge is 0.390 e. The Balaban J connectivity index is 2.08. The van der Waals surface area contributed by atoms with E-state index in [1.54, 1.807) is 12.4 Å². The molecule has 0 bridgehead atoms. The van der Waals surface area contributed by atoms with E-state index in [-0.39, 0.29) is 0 Å². The summed E-state index contributed by atoms with van der Waals surface area (Å²) >= 11 is 0. The molecule has 1 rings (SSSR count). The van der Waals surface area contributed by atoms with Crippen LogP contribution in [0.2, 0.25) is 6.04 Å². The number of imidazole rings is 1. The lowest BCUT2D eigenvalue weighted by atomic mass is 10.4. The molecule has 3 N–H and O–H groups in total. The van der Waals surface area contributed by atoms with Crippen molar-refractivity contribution in [3.63, 3.8) is 0 Å². The van der Waals surface area contributed by atoms with Gasteiger partial charge in [0, 0.05) is 32.7 Å². The van der Waals surface area contributed by atoms with Gasteiger partial charge in [-0.2, -0.15) is 0 Å². The molecule has 0 radical (unpaired) electrons. The SMILES string of the molecule is CO[Si](O)(CCCNCc1ncc[nH]1)OC. The van der Waals surface area contributed by atoms with Crippen molar-refractivity contribution in [2.45, 2.75) is 19.0 Å². The molecule has 0 aromatic carbocycles. The van der Waals surface area contributed by atoms with Crippen molar-refractivity contribution in [1.29, 1.82) is 0 Å². The van der Waals surface area contributed by atoms with Gasteiger partial charge >= 0.3 is 8.80 Å². The molecule has 0 aliphatic carbocycles. The fourth-order valence-corrected chi connectivity index (χ4v) is 2.52. The number of nitrogens with zero attached hydrogens (tertiary/aromatic N) is 1. The van der Waals surface area contributed by atoms with E-state index in [4.69, 9.17) is 8.85 Å². The normalized spacial score (nSPS) is 11.9. The number of nitrogens with one attached hydrogen (secondary N) is 2. The van der Waals surface area contributed by atoms with Crippen LogP contribution in [0.4, 0.5) is 0 Å². The summed E-state index contributed by atoms with van der Waals surface area (Å²) in [5.74, 6) is 0.908. The zero-order valence-electron chi connectivity index (χ0n) is 9.69. The van der Waals surface area contributed by atoms with Crippen LogP contribution in [-0.2, 0) is 15.4 Å². The van der Waals surface area contributed by atoms with E-state index >= 15 is 0 Å². The highest BCUT2D eigenvalue weighted by Crippen LogP contribution is 2.09. The van der Waals surface area contributed by atoms with Crippen molar-refractivity contribution in [2.75, 3.05) is 20.8 Å². The largest absolute Gasteiger partial charge is 0.497 e. The zero-order chi connectivity index (χ0) is 11.9. The molecule has 0 aliphatic rings. The summed E-state index contributed by atoms with van der Waals surface area (Å²) in [7, 11) is 0.0793. The first-order valence-electron chi connectivity index (χ1n) is 5.22. The molecule has 1 aromatic heterocycles. The minimum Gasteiger partial charge on any atom is -0.390 e. The van der Waals surface area contributed by atoms with Crippen LogP contribution >= 0.6 is 0 Å². The molecule has 0 saturated carbocycles. The molecule has 0 saturated heterocycles. The van der Waals surface area contributed by atoms with Crippen LogP contribution in [0, 0.1) is 0 Å². The van der Waals surface area contributed by atoms with E-state index in [9.17, 15) is 4.80 Å². The molecular weight excluding hydrogens is 226 g/mol. The Morgan fingerprint density at radius 3 is 2.81 bits per heavy atom. The van der Waals surface area contributed by atoms with Crippen molar-refractivity contribution >= 4 is 8.80 Å². The maximum Gasteiger partial charge on any atom is 0.497 e. The van der Waals surface area contributed by atoms with Gasteiger partial charge in [-0.15, -0.1) is 0 Å². The lowest BCUT2D eigenvalue weighted by molar-refractivity contribution is 0.150. The summed E-state index contributed by atoms with van der Waals surface area (Å²) in [5, 5.41) is 3.21. The van der Waals surface area contributed by atoms with Gasteiger partial charge in [0.1, 0.15) is 5.82 Å². The molecule has 0 unspecified atom stereocenters. The van der Waals surface area contributed by atoms with Crippen LogP contribution in [0.1, 0.15) is 12.2 Å². The minimum absolute atomic E-state index is 0.561. The summed E-state index contributed by atoms with van der Waals surface area (Å²) in [6.45, 7) is 1.50. The fourth-order valence-electron chi connectivity index (χ4n) is 1.33. The Kier molecular flexibility index (Phi) is 5.64. The first kappa shape index (κ1) is 13.3. The van der Waals surface area contributed by atoms with E-state index in [2.05, 4.69) is 15.3 Å². The minimum atomic E-state index is -2.88. The Bertz CT molecular complexity index is 278. The molecule has 1 heterocycles. The number of aromatic nitrogens is 2. The number of hydrogen-bond acceptors (Lipinski definition) is 5. The molecule has 92 valence electrons. The Morgan fingerprint density at radius 2 is 2.25 bits per heavy atom. The molecule has 0 amide bonds. The van der Waals surface area contributed by atoms with E-state index in [1.165, 1.54) is 14.2 Å². The highest BCUT2D eigenvalue weighted by Gasteiger charge is 2.33. The second kappa shape index (κ2) is 6.76. The highest BCUT2D eigenvalue weighted by atomic mass is 28.4. The first-order valence-corrected chi connectivity index (χ1v) is 7.19. The molecule has 16 heavy (non-hydrogen) atoms. The summed E-state index contributed by atoms with van der Waals surface area (Å²) < 4.78 is 9.93. The van der Waals surface area contributed by atoms with Gasteiger partial charge in [-0.3, -0.25) is 0 Å². The standard InChI is InChI=1S/C9H19N3O3Si/c1-14-16(13,15-2)7-3-4-10-8-9-11-5-6-12-9/h5-6,10,13H,3-4,7-8H2,1-2H3,(H,11,12). The highest BCUT2D eigenvalue weighted by molar-refractivity contribution is 6.59. The number of rotatable bonds is 8. The van der Waals surface area contributed by atoms with Gasteiger partial charge in [-0.1, -0.05) is 0 Å². The van der Waals surface area contributed by atoms with Crippen molar-refractivity contribution in [1.82, 2.24) is 15.3 Å². The van der Waals surface area contributed by atoms with Crippen LogP contribution in [-0.4, -0.2) is 44.3 Å². The monoisotopic (exact) mass is 245 g/mol. The van der Waals surface area contributed by atoms with E-state index in [0.717, 1.165) is 18.8 Å². The maximum absolute atomic E-state index is 9.76. The Morgan fingerprint density at radius 1 is 1.50 bits per heavy atom. The fraction of sp³-hybridized carbons (Fsp3) is 0.667. The molecule has 0 spiro atoms. The van der Waals surface area contributed by atoms with Crippen LogP contribution in [0.25, 0.3) is 0 Å². The van der Waals surface area contributed by atoms with Gasteiger partial charge < -0.3 is 23.9 Å². The van der Waals surface area contributed by atoms with E-state index in [0.29, 0.717) is 12.6 Å². The Labute approximate surface area is 96.4 Å². The summed E-state index contributed by atoms with van der Waals surface area (Å²) in [4.78, 5) is 16.8. The molecule has 6 nitrogen and oxygen atoms in total. The van der Waals surface area contributed by atoms with Crippen molar-refractivity contribution in [2.24, 2.45) is 0 Å². The number of hydrogen-bond donors (Lipinski definition) is 3. The lowest BCUT2D eigenvalue weighted by Gasteiger charge is -2.19. The number of aromatic amines is 1. The third-order valence-corrected chi connectivity index (χ3v) is 4.59. The molecule has 0 aliphatic heterocycles. The van der Waals surface area contributed by atoms with Crippen molar-refractivity contribution < 1.29 is 13.6 Å². The van der Waals surface area contributed by atoms with Crippen LogP contribution in [0.15, 0.2) is 12.4 Å². The third kappa shape index (κ3) is 4.41. The van der Waals surface area contributed by atoms with E-state index in [1.807, 2.05) is 0 Å². The summed E-state index contributed by atoms with van der Waals surface area (Å²) in [5.41, 5.74) is 0. The average Bonchev–Trinajstić information content (AvgIpc) is 2.81. The third-order valence-electron chi connectivity index (χ3n) is 2.33. The summed E-state index contributed by atoms with van der Waals surface area (Å²) in [6.07, 6.45) is 4.32. The molecule has 0 atom stereocenters. The van der Waals surface area contributed by atoms with Crippen molar-refractivity contribution in [3.05, 3.63) is 18.2 Å². The van der Waals surface area contributed by atoms with Crippen LogP contribution in [0.5, 0.6) is 0 Å². The van der Waals surface area contributed by atoms with Gasteiger partial charge in [0.25, 0.3) is 0 Å². The quantitative estimate of drug-likeness (QED) is 0.447. The van der Waals surface area contributed by atoms with Gasteiger partial charge in [-0.05, 0) is 13.0 Å². The van der Waals surface area contributed by atoms with Crippen LogP contribution in [0.3, 0.4) is 0 Å². The second-order valence-electron chi connectivity index (χ2n) is 3.44. The predicted molar refractivity (Wildman–Crippen MR) is 61.7 cm³/mol. The zero-order valence-corrected chi connectivity index (χ0v) is 10.7. The van der Waals surface area contributed by atoms with Gasteiger partial charge in [-0.25, -0.2) is 4.98 Å². The van der Waals surface area contributed by atoms with Gasteiger partial charge in [0.05, 0.1) is 6.54 Å². The average molecular weight is 245 g/mol. The molecule has 0 fully saturated rings. The van der Waals surface area contributed by atoms with Crippen LogP contribution < -0.4 is 5.32 Å². The maximum atomic E-state index is 9.76. The van der Waals surface area contributed by atoms with Crippen molar-refractivity contribution in [3.8, 4) is 0 Å².